The maximum atomic E-state index is 13.6. The number of hydrogen-bond donors (Lipinski definition) is 3. The lowest BCUT2D eigenvalue weighted by Gasteiger charge is -2.15. The molecular weight excluding hydrogens is 377 g/mol. The van der Waals surface area contributed by atoms with E-state index in [0.29, 0.717) is 27.4 Å². The van der Waals surface area contributed by atoms with Crippen LogP contribution in [-0.4, -0.2) is 22.5 Å². The quantitative estimate of drug-likeness (QED) is 0.704. The number of aliphatic hydroxyl groups excluding tert-OH is 1. The highest BCUT2D eigenvalue weighted by atomic mass is 35.5. The molecule has 136 valence electrons. The van der Waals surface area contributed by atoms with Crippen molar-refractivity contribution >= 4 is 34.4 Å². The first-order valence-electron chi connectivity index (χ1n) is 7.93. The van der Waals surface area contributed by atoms with Gasteiger partial charge in [-0.15, -0.1) is 11.3 Å². The monoisotopic (exact) mass is 393 g/mol. The summed E-state index contributed by atoms with van der Waals surface area (Å²) in [6, 6.07) is 4.15. The molecular formula is C18H17ClFN3O2S. The number of nitrogens with two attached hydrogens (primary N) is 1. The van der Waals surface area contributed by atoms with E-state index < -0.39 is 11.9 Å². The highest BCUT2D eigenvalue weighted by Crippen LogP contribution is 2.30. The number of benzene rings is 1. The Morgan fingerprint density at radius 2 is 2.27 bits per heavy atom. The van der Waals surface area contributed by atoms with Gasteiger partial charge in [0.15, 0.2) is 0 Å². The van der Waals surface area contributed by atoms with Gasteiger partial charge >= 0.3 is 0 Å². The summed E-state index contributed by atoms with van der Waals surface area (Å²) in [6.07, 6.45) is 5.47. The van der Waals surface area contributed by atoms with E-state index in [2.05, 4.69) is 10.3 Å². The van der Waals surface area contributed by atoms with E-state index in [0.717, 1.165) is 5.57 Å². The fourth-order valence-corrected chi connectivity index (χ4v) is 3.56. The predicted octanol–water partition coefficient (Wildman–Crippen LogP) is 2.96. The zero-order valence-electron chi connectivity index (χ0n) is 13.7. The van der Waals surface area contributed by atoms with Crippen LogP contribution < -0.4 is 11.1 Å². The lowest BCUT2D eigenvalue weighted by atomic mass is 10.0. The van der Waals surface area contributed by atoms with Gasteiger partial charge in [0.25, 0.3) is 0 Å². The van der Waals surface area contributed by atoms with Gasteiger partial charge in [-0.3, -0.25) is 4.79 Å². The number of rotatable bonds is 6. The first kappa shape index (κ1) is 18.7. The minimum Gasteiger partial charge on any atom is -0.391 e. The summed E-state index contributed by atoms with van der Waals surface area (Å²) < 4.78 is 13.6. The minimum atomic E-state index is -0.491. The first-order chi connectivity index (χ1) is 12.5. The molecule has 0 saturated heterocycles. The van der Waals surface area contributed by atoms with Gasteiger partial charge in [-0.1, -0.05) is 29.8 Å². The molecule has 0 spiro atoms. The van der Waals surface area contributed by atoms with E-state index in [-0.39, 0.29) is 24.1 Å². The minimum absolute atomic E-state index is 0.0646. The number of amides is 1. The number of nitrogens with zero attached hydrogens (tertiary/aromatic N) is 1. The lowest BCUT2D eigenvalue weighted by molar-refractivity contribution is -0.118. The Morgan fingerprint density at radius 3 is 2.92 bits per heavy atom. The average Bonchev–Trinajstić information content (AvgIpc) is 3.31. The van der Waals surface area contributed by atoms with Crippen molar-refractivity contribution in [2.45, 2.75) is 19.1 Å². The summed E-state index contributed by atoms with van der Waals surface area (Å²) in [5.41, 5.74) is 7.85. The molecule has 1 aliphatic carbocycles. The van der Waals surface area contributed by atoms with E-state index in [4.69, 9.17) is 22.4 Å². The maximum Gasteiger partial charge on any atom is 0.248 e. The molecule has 0 saturated carbocycles. The molecule has 1 amide bonds. The zero-order valence-corrected chi connectivity index (χ0v) is 15.3. The van der Waals surface area contributed by atoms with Gasteiger partial charge in [0.2, 0.25) is 5.91 Å². The normalized spacial score (nSPS) is 14.8. The van der Waals surface area contributed by atoms with Crippen LogP contribution in [0.25, 0.3) is 5.57 Å². The van der Waals surface area contributed by atoms with Gasteiger partial charge in [0, 0.05) is 24.7 Å². The van der Waals surface area contributed by atoms with Crippen molar-refractivity contribution in [2.24, 2.45) is 5.73 Å². The van der Waals surface area contributed by atoms with Crippen LogP contribution in [-0.2, 0) is 11.4 Å². The third kappa shape index (κ3) is 4.02. The van der Waals surface area contributed by atoms with Gasteiger partial charge in [-0.05, 0) is 23.3 Å². The van der Waals surface area contributed by atoms with Gasteiger partial charge in [0.1, 0.15) is 10.8 Å². The number of carbonyl (C=O) groups excluding carboxylic acids is 1. The second kappa shape index (κ2) is 8.09. The molecule has 5 nitrogen and oxygen atoms in total. The molecule has 3 rings (SSSR count). The number of allylic oxidation sites excluding steroid dienone is 3. The van der Waals surface area contributed by atoms with Crippen molar-refractivity contribution in [3.05, 3.63) is 68.4 Å². The second-order valence-corrected chi connectivity index (χ2v) is 7.33. The topological polar surface area (TPSA) is 88.2 Å². The summed E-state index contributed by atoms with van der Waals surface area (Å²) in [5.74, 6) is -0.739. The van der Waals surface area contributed by atoms with Crippen molar-refractivity contribution in [3.63, 3.8) is 0 Å². The van der Waals surface area contributed by atoms with Crippen molar-refractivity contribution in [1.29, 1.82) is 0 Å². The van der Waals surface area contributed by atoms with Crippen LogP contribution in [0.5, 0.6) is 0 Å². The van der Waals surface area contributed by atoms with E-state index in [9.17, 15) is 9.18 Å². The summed E-state index contributed by atoms with van der Waals surface area (Å²) in [4.78, 5) is 17.4. The SMILES string of the molecule is NCC(NC(=O)C1=CC=C(c2ccc(Cl)c(F)c2)C1)c1ncc(CO)s1. The summed E-state index contributed by atoms with van der Waals surface area (Å²) in [6.45, 7) is 0.0963. The number of halogens is 2. The first-order valence-corrected chi connectivity index (χ1v) is 9.12. The molecule has 1 atom stereocenters. The van der Waals surface area contributed by atoms with Crippen molar-refractivity contribution in [3.8, 4) is 0 Å². The third-order valence-corrected chi connectivity index (χ3v) is 5.42. The van der Waals surface area contributed by atoms with E-state index in [1.165, 1.54) is 23.5 Å². The Labute approximate surface area is 159 Å². The summed E-state index contributed by atoms with van der Waals surface area (Å²) in [5, 5.41) is 12.7. The van der Waals surface area contributed by atoms with Crippen molar-refractivity contribution < 1.29 is 14.3 Å². The lowest BCUT2D eigenvalue weighted by Crippen LogP contribution is -2.34. The predicted molar refractivity (Wildman–Crippen MR) is 100 cm³/mol. The molecule has 1 unspecified atom stereocenters. The molecule has 2 aromatic rings. The molecule has 1 aromatic heterocycles. The Morgan fingerprint density at radius 1 is 1.46 bits per heavy atom. The number of hydrogen-bond acceptors (Lipinski definition) is 5. The Hall–Kier alpha value is -2.06. The number of thiazole rings is 1. The van der Waals surface area contributed by atoms with E-state index in [1.54, 1.807) is 24.4 Å². The van der Waals surface area contributed by atoms with Crippen LogP contribution in [0.3, 0.4) is 0 Å². The number of aromatic nitrogens is 1. The smallest absolute Gasteiger partial charge is 0.248 e. The second-order valence-electron chi connectivity index (χ2n) is 5.77. The Balaban J connectivity index is 1.65. The summed E-state index contributed by atoms with van der Waals surface area (Å²) >= 11 is 7.01. The molecule has 0 bridgehead atoms. The van der Waals surface area contributed by atoms with E-state index >= 15 is 0 Å². The molecule has 1 heterocycles. The fraction of sp³-hybridized carbons (Fsp3) is 0.222. The largest absolute Gasteiger partial charge is 0.391 e. The van der Waals surface area contributed by atoms with Gasteiger partial charge < -0.3 is 16.2 Å². The highest BCUT2D eigenvalue weighted by Gasteiger charge is 2.22. The highest BCUT2D eigenvalue weighted by molar-refractivity contribution is 7.11. The van der Waals surface area contributed by atoms with Crippen LogP contribution in [0.15, 0.2) is 42.1 Å². The van der Waals surface area contributed by atoms with Crippen LogP contribution in [0.2, 0.25) is 5.02 Å². The van der Waals surface area contributed by atoms with Crippen LogP contribution >= 0.6 is 22.9 Å². The number of nitrogens with one attached hydrogen (secondary N) is 1. The van der Waals surface area contributed by atoms with Gasteiger partial charge in [0.05, 0.1) is 22.5 Å². The number of carbonyl (C=O) groups is 1. The van der Waals surface area contributed by atoms with Gasteiger partial charge in [-0.2, -0.15) is 0 Å². The zero-order chi connectivity index (χ0) is 18.7. The standard InChI is InChI=1S/C18H17ClFN3O2S/c19-14-4-3-11(6-15(14)20)10-1-2-12(5-10)17(25)23-16(7-21)18-22-8-13(9-24)26-18/h1-4,6,8,16,24H,5,7,9,21H2,(H,23,25). The summed E-state index contributed by atoms with van der Waals surface area (Å²) in [7, 11) is 0. The maximum absolute atomic E-state index is 13.6. The molecule has 0 radical (unpaired) electrons. The Bertz CT molecular complexity index is 894. The number of aliphatic hydroxyl groups is 1. The molecule has 1 aromatic carbocycles. The van der Waals surface area contributed by atoms with Crippen LogP contribution in [0.4, 0.5) is 4.39 Å². The van der Waals surface area contributed by atoms with Crippen LogP contribution in [0.1, 0.15) is 27.9 Å². The molecule has 8 heteroatoms. The Kier molecular flexibility index (Phi) is 5.83. The van der Waals surface area contributed by atoms with Gasteiger partial charge in [-0.25, -0.2) is 9.37 Å². The third-order valence-electron chi connectivity index (χ3n) is 4.02. The molecule has 1 aliphatic rings. The van der Waals surface area contributed by atoms with Crippen molar-refractivity contribution in [1.82, 2.24) is 10.3 Å². The average molecular weight is 394 g/mol. The molecule has 4 N–H and O–H groups in total. The molecule has 0 aliphatic heterocycles. The molecule has 0 fully saturated rings. The molecule has 26 heavy (non-hydrogen) atoms. The van der Waals surface area contributed by atoms with Crippen LogP contribution in [0, 0.1) is 5.82 Å². The van der Waals surface area contributed by atoms with Crippen molar-refractivity contribution in [2.75, 3.05) is 6.54 Å². The van der Waals surface area contributed by atoms with E-state index in [1.807, 2.05) is 0 Å². The fourth-order valence-electron chi connectivity index (χ4n) is 2.60.